The molecule has 0 saturated carbocycles. The first kappa shape index (κ1) is 18.7. The summed E-state index contributed by atoms with van der Waals surface area (Å²) >= 11 is 13.8. The zero-order valence-electron chi connectivity index (χ0n) is 13.7. The first-order valence-corrected chi connectivity index (χ1v) is 9.85. The van der Waals surface area contributed by atoms with Gasteiger partial charge in [0.15, 0.2) is 0 Å². The van der Waals surface area contributed by atoms with Gasteiger partial charge in [0.05, 0.1) is 23.4 Å². The predicted molar refractivity (Wildman–Crippen MR) is 104 cm³/mol. The maximum Gasteiger partial charge on any atom is 0.238 e. The highest BCUT2D eigenvalue weighted by Gasteiger charge is 2.21. The average Bonchev–Trinajstić information content (AvgIpc) is 3.25. The van der Waals surface area contributed by atoms with E-state index < -0.39 is 0 Å². The van der Waals surface area contributed by atoms with Crippen LogP contribution in [0.4, 0.5) is 5.69 Å². The monoisotopic (exact) mass is 398 g/mol. The van der Waals surface area contributed by atoms with Crippen LogP contribution in [-0.2, 0) is 16.1 Å². The maximum absolute atomic E-state index is 12.5. The largest absolute Gasteiger partial charge is 0.377 e. The molecule has 1 atom stereocenters. The molecule has 1 aliphatic rings. The first-order valence-electron chi connectivity index (χ1n) is 8.21. The van der Waals surface area contributed by atoms with Crippen LogP contribution in [0.5, 0.6) is 0 Å². The van der Waals surface area contributed by atoms with Gasteiger partial charge in [0, 0.05) is 29.6 Å². The lowest BCUT2D eigenvalue weighted by Gasteiger charge is -2.24. The van der Waals surface area contributed by atoms with E-state index in [1.165, 1.54) is 4.88 Å². The normalized spacial score (nSPS) is 17.2. The van der Waals surface area contributed by atoms with Crippen molar-refractivity contribution in [2.45, 2.75) is 25.5 Å². The Kier molecular flexibility index (Phi) is 6.73. The number of carbonyl (C=O) groups excluding carboxylic acids is 1. The fourth-order valence-electron chi connectivity index (χ4n) is 2.87. The number of carbonyl (C=O) groups is 1. The number of benzene rings is 1. The van der Waals surface area contributed by atoms with E-state index in [0.717, 1.165) is 32.5 Å². The molecular formula is C18H20Cl2N2O2S. The third-order valence-electron chi connectivity index (χ3n) is 4.02. The van der Waals surface area contributed by atoms with Gasteiger partial charge in [0.25, 0.3) is 0 Å². The lowest BCUT2D eigenvalue weighted by atomic mass is 10.2. The van der Waals surface area contributed by atoms with Crippen LogP contribution >= 0.6 is 34.5 Å². The zero-order chi connectivity index (χ0) is 17.6. The highest BCUT2D eigenvalue weighted by atomic mass is 35.5. The van der Waals surface area contributed by atoms with Crippen LogP contribution in [0.2, 0.25) is 10.0 Å². The molecule has 7 heteroatoms. The van der Waals surface area contributed by atoms with Crippen molar-refractivity contribution < 1.29 is 9.53 Å². The number of anilines is 1. The van der Waals surface area contributed by atoms with Crippen LogP contribution < -0.4 is 5.32 Å². The summed E-state index contributed by atoms with van der Waals surface area (Å²) in [5.74, 6) is -0.112. The number of thiophene rings is 1. The smallest absolute Gasteiger partial charge is 0.238 e. The minimum absolute atomic E-state index is 0.112. The van der Waals surface area contributed by atoms with E-state index in [1.807, 2.05) is 11.4 Å². The van der Waals surface area contributed by atoms with Crippen molar-refractivity contribution in [3.8, 4) is 0 Å². The number of halogens is 2. The van der Waals surface area contributed by atoms with E-state index in [4.69, 9.17) is 27.9 Å². The van der Waals surface area contributed by atoms with E-state index >= 15 is 0 Å². The second-order valence-corrected chi connectivity index (χ2v) is 7.93. The maximum atomic E-state index is 12.5. The summed E-state index contributed by atoms with van der Waals surface area (Å²) < 4.78 is 5.73. The van der Waals surface area contributed by atoms with E-state index in [9.17, 15) is 4.79 Å². The average molecular weight is 399 g/mol. The number of nitrogens with one attached hydrogen (secondary N) is 1. The zero-order valence-corrected chi connectivity index (χ0v) is 16.0. The van der Waals surface area contributed by atoms with Gasteiger partial charge in [-0.2, -0.15) is 0 Å². The Morgan fingerprint density at radius 2 is 2.24 bits per heavy atom. The number of amides is 1. The molecule has 1 aliphatic heterocycles. The van der Waals surface area contributed by atoms with Gasteiger partial charge in [-0.3, -0.25) is 9.69 Å². The lowest BCUT2D eigenvalue weighted by Crippen LogP contribution is -2.37. The summed E-state index contributed by atoms with van der Waals surface area (Å²) in [4.78, 5) is 15.8. The Hall–Kier alpha value is -1.11. The highest BCUT2D eigenvalue weighted by Crippen LogP contribution is 2.25. The molecule has 0 aliphatic carbocycles. The van der Waals surface area contributed by atoms with Crippen LogP contribution in [-0.4, -0.2) is 36.6 Å². The molecule has 1 saturated heterocycles. The van der Waals surface area contributed by atoms with E-state index in [-0.39, 0.29) is 18.6 Å². The molecule has 134 valence electrons. The number of rotatable bonds is 7. The quantitative estimate of drug-likeness (QED) is 0.736. The summed E-state index contributed by atoms with van der Waals surface area (Å²) in [5, 5.41) is 5.91. The van der Waals surface area contributed by atoms with Gasteiger partial charge in [-0.05, 0) is 42.5 Å². The Bertz CT molecular complexity index is 703. The Morgan fingerprint density at radius 3 is 2.96 bits per heavy atom. The summed E-state index contributed by atoms with van der Waals surface area (Å²) in [6.45, 7) is 2.56. The number of ether oxygens (including phenoxy) is 1. The number of hydrogen-bond donors (Lipinski definition) is 1. The summed E-state index contributed by atoms with van der Waals surface area (Å²) in [6, 6.07) is 9.13. The van der Waals surface area contributed by atoms with Gasteiger partial charge in [0.2, 0.25) is 5.91 Å². The van der Waals surface area contributed by atoms with Crippen molar-refractivity contribution in [2.75, 3.05) is 25.0 Å². The molecular weight excluding hydrogens is 379 g/mol. The van der Waals surface area contributed by atoms with Crippen LogP contribution in [0.15, 0.2) is 35.7 Å². The molecule has 1 aromatic heterocycles. The van der Waals surface area contributed by atoms with Crippen molar-refractivity contribution in [3.05, 3.63) is 50.6 Å². The van der Waals surface area contributed by atoms with Gasteiger partial charge < -0.3 is 10.1 Å². The van der Waals surface area contributed by atoms with Gasteiger partial charge in [-0.15, -0.1) is 11.3 Å². The minimum atomic E-state index is -0.112. The van der Waals surface area contributed by atoms with E-state index in [1.54, 1.807) is 29.5 Å². The molecule has 0 spiro atoms. The second-order valence-electron chi connectivity index (χ2n) is 6.06. The SMILES string of the molecule is O=C(CN(Cc1cccs1)CC1CCCO1)Nc1cc(Cl)ccc1Cl. The van der Waals surface area contributed by atoms with Crippen molar-refractivity contribution in [1.29, 1.82) is 0 Å². The van der Waals surface area contributed by atoms with Crippen LogP contribution in [0.25, 0.3) is 0 Å². The highest BCUT2D eigenvalue weighted by molar-refractivity contribution is 7.09. The number of nitrogens with zero attached hydrogens (tertiary/aromatic N) is 1. The molecule has 2 aromatic rings. The van der Waals surface area contributed by atoms with Crippen molar-refractivity contribution in [1.82, 2.24) is 4.90 Å². The van der Waals surface area contributed by atoms with Crippen LogP contribution in [0.3, 0.4) is 0 Å². The molecule has 0 bridgehead atoms. The van der Waals surface area contributed by atoms with Crippen molar-refractivity contribution >= 4 is 46.1 Å². The van der Waals surface area contributed by atoms with E-state index in [0.29, 0.717) is 15.7 Å². The third kappa shape index (κ3) is 5.69. The third-order valence-corrected chi connectivity index (χ3v) is 5.44. The second kappa shape index (κ2) is 9.01. The van der Waals surface area contributed by atoms with Gasteiger partial charge in [-0.1, -0.05) is 29.3 Å². The molecule has 1 amide bonds. The molecule has 2 heterocycles. The standard InChI is InChI=1S/C18H20Cl2N2O2S/c19-13-5-6-16(20)17(9-13)21-18(23)12-22(10-14-3-1-7-24-14)11-15-4-2-8-25-15/h2,4-6,8-9,14H,1,3,7,10-12H2,(H,21,23). The Morgan fingerprint density at radius 1 is 1.36 bits per heavy atom. The topological polar surface area (TPSA) is 41.6 Å². The first-order chi connectivity index (χ1) is 12.1. The Labute approximate surface area is 161 Å². The summed E-state index contributed by atoms with van der Waals surface area (Å²) in [7, 11) is 0. The fraction of sp³-hybridized carbons (Fsp3) is 0.389. The molecule has 1 N–H and O–H groups in total. The predicted octanol–water partition coefficient (Wildman–Crippen LogP) is 4.67. The summed E-state index contributed by atoms with van der Waals surface area (Å²) in [6.07, 6.45) is 2.33. The lowest BCUT2D eigenvalue weighted by molar-refractivity contribution is -0.117. The molecule has 1 unspecified atom stereocenters. The molecule has 0 radical (unpaired) electrons. The minimum Gasteiger partial charge on any atom is -0.377 e. The van der Waals surface area contributed by atoms with Gasteiger partial charge >= 0.3 is 0 Å². The van der Waals surface area contributed by atoms with Crippen LogP contribution in [0, 0.1) is 0 Å². The fourth-order valence-corrected chi connectivity index (χ4v) is 3.95. The van der Waals surface area contributed by atoms with Crippen molar-refractivity contribution in [2.24, 2.45) is 0 Å². The van der Waals surface area contributed by atoms with Crippen molar-refractivity contribution in [3.63, 3.8) is 0 Å². The molecule has 25 heavy (non-hydrogen) atoms. The number of hydrogen-bond acceptors (Lipinski definition) is 4. The van der Waals surface area contributed by atoms with Crippen LogP contribution in [0.1, 0.15) is 17.7 Å². The Balaban J connectivity index is 1.63. The molecule has 1 fully saturated rings. The summed E-state index contributed by atoms with van der Waals surface area (Å²) in [5.41, 5.74) is 0.535. The molecule has 4 nitrogen and oxygen atoms in total. The van der Waals surface area contributed by atoms with E-state index in [2.05, 4.69) is 16.3 Å². The molecule has 1 aromatic carbocycles. The van der Waals surface area contributed by atoms with Gasteiger partial charge in [0.1, 0.15) is 0 Å². The van der Waals surface area contributed by atoms with Gasteiger partial charge in [-0.25, -0.2) is 0 Å². The molecule has 3 rings (SSSR count).